The van der Waals surface area contributed by atoms with Gasteiger partial charge >= 0.3 is 0 Å². The number of rotatable bonds is 3. The van der Waals surface area contributed by atoms with Crippen LogP contribution >= 0.6 is 11.3 Å². The van der Waals surface area contributed by atoms with Crippen LogP contribution in [-0.2, 0) is 0 Å². The molecule has 4 heteroatoms. The highest BCUT2D eigenvalue weighted by molar-refractivity contribution is 7.17. The second kappa shape index (κ2) is 5.27. The summed E-state index contributed by atoms with van der Waals surface area (Å²) in [7, 11) is 0. The monoisotopic (exact) mass is 281 g/mol. The summed E-state index contributed by atoms with van der Waals surface area (Å²) in [4.78, 5) is 22.9. The molecule has 1 N–H and O–H groups in total. The largest absolute Gasteiger partial charge is 0.322 e. The van der Waals surface area contributed by atoms with Gasteiger partial charge in [0.2, 0.25) is 0 Å². The molecule has 0 aliphatic heterocycles. The summed E-state index contributed by atoms with van der Waals surface area (Å²) >= 11 is 1.55. The number of carbonyl (C=O) groups is 2. The van der Waals surface area contributed by atoms with E-state index in [-0.39, 0.29) is 5.91 Å². The van der Waals surface area contributed by atoms with E-state index in [4.69, 9.17) is 0 Å². The summed E-state index contributed by atoms with van der Waals surface area (Å²) in [6, 6.07) is 14.6. The number of amides is 1. The Bertz CT molecular complexity index is 775. The van der Waals surface area contributed by atoms with Crippen LogP contribution in [0.1, 0.15) is 20.7 Å². The Hall–Kier alpha value is -2.46. The second-order valence-electron chi connectivity index (χ2n) is 4.34. The minimum Gasteiger partial charge on any atom is -0.322 e. The summed E-state index contributed by atoms with van der Waals surface area (Å²) in [6.45, 7) is 0. The molecule has 3 rings (SSSR count). The van der Waals surface area contributed by atoms with Gasteiger partial charge in [-0.25, -0.2) is 0 Å². The first-order valence-corrected chi connectivity index (χ1v) is 6.99. The van der Waals surface area contributed by atoms with Gasteiger partial charge < -0.3 is 5.32 Å². The lowest BCUT2D eigenvalue weighted by molar-refractivity contribution is 0.102. The standard InChI is InChI=1S/C16H11NO2S/c18-9-11-5-7-12(8-6-11)17-16(19)14-10-20-15-4-2-1-3-13(14)15/h1-10H,(H,17,19). The van der Waals surface area contributed by atoms with Gasteiger partial charge in [0.15, 0.2) is 0 Å². The number of hydrogen-bond donors (Lipinski definition) is 1. The van der Waals surface area contributed by atoms with Crippen LogP contribution in [-0.4, -0.2) is 12.2 Å². The Morgan fingerprint density at radius 3 is 2.55 bits per heavy atom. The van der Waals surface area contributed by atoms with Crippen LogP contribution in [0.3, 0.4) is 0 Å². The van der Waals surface area contributed by atoms with Crippen molar-refractivity contribution in [3.05, 3.63) is 65.0 Å². The number of anilines is 1. The quantitative estimate of drug-likeness (QED) is 0.738. The summed E-state index contributed by atoms with van der Waals surface area (Å²) < 4.78 is 1.09. The van der Waals surface area contributed by atoms with Crippen molar-refractivity contribution < 1.29 is 9.59 Å². The van der Waals surface area contributed by atoms with E-state index in [2.05, 4.69) is 5.32 Å². The Labute approximate surface area is 119 Å². The van der Waals surface area contributed by atoms with Crippen LogP contribution in [0.15, 0.2) is 53.9 Å². The lowest BCUT2D eigenvalue weighted by Crippen LogP contribution is -2.11. The third-order valence-corrected chi connectivity index (χ3v) is 3.99. The maximum absolute atomic E-state index is 12.3. The van der Waals surface area contributed by atoms with Crippen molar-refractivity contribution in [2.75, 3.05) is 5.32 Å². The maximum atomic E-state index is 12.3. The van der Waals surface area contributed by atoms with Crippen molar-refractivity contribution >= 4 is 39.3 Å². The highest BCUT2D eigenvalue weighted by Gasteiger charge is 2.11. The van der Waals surface area contributed by atoms with Crippen molar-refractivity contribution in [1.29, 1.82) is 0 Å². The normalized spacial score (nSPS) is 10.4. The molecule has 98 valence electrons. The lowest BCUT2D eigenvalue weighted by atomic mass is 10.1. The van der Waals surface area contributed by atoms with Gasteiger partial charge in [0, 0.05) is 26.7 Å². The van der Waals surface area contributed by atoms with E-state index < -0.39 is 0 Å². The predicted octanol–water partition coefficient (Wildman–Crippen LogP) is 3.97. The predicted molar refractivity (Wildman–Crippen MR) is 81.6 cm³/mol. The van der Waals surface area contributed by atoms with E-state index >= 15 is 0 Å². The SMILES string of the molecule is O=Cc1ccc(NC(=O)c2csc3ccccc23)cc1. The second-order valence-corrected chi connectivity index (χ2v) is 5.25. The molecule has 2 aromatic carbocycles. The Kier molecular flexibility index (Phi) is 3.31. The minimum atomic E-state index is -0.138. The molecule has 3 nitrogen and oxygen atoms in total. The van der Waals surface area contributed by atoms with Crippen molar-refractivity contribution in [3.8, 4) is 0 Å². The van der Waals surface area contributed by atoms with E-state index in [1.807, 2.05) is 29.6 Å². The van der Waals surface area contributed by atoms with Gasteiger partial charge in [-0.2, -0.15) is 0 Å². The zero-order valence-corrected chi connectivity index (χ0v) is 11.3. The van der Waals surface area contributed by atoms with Gasteiger partial charge in [-0.05, 0) is 30.3 Å². The fourth-order valence-electron chi connectivity index (χ4n) is 2.00. The molecule has 0 aliphatic rings. The lowest BCUT2D eigenvalue weighted by Gasteiger charge is -2.04. The molecule has 1 amide bonds. The van der Waals surface area contributed by atoms with Gasteiger partial charge in [-0.1, -0.05) is 18.2 Å². The van der Waals surface area contributed by atoms with E-state index in [0.29, 0.717) is 16.8 Å². The molecule has 1 heterocycles. The fraction of sp³-hybridized carbons (Fsp3) is 0. The highest BCUT2D eigenvalue weighted by atomic mass is 32.1. The number of fused-ring (bicyclic) bond motifs is 1. The number of thiophene rings is 1. The van der Waals surface area contributed by atoms with Crippen LogP contribution in [0, 0.1) is 0 Å². The van der Waals surface area contributed by atoms with Crippen molar-refractivity contribution in [2.24, 2.45) is 0 Å². The molecule has 0 radical (unpaired) electrons. The van der Waals surface area contributed by atoms with E-state index in [1.165, 1.54) is 0 Å². The molecule has 0 saturated carbocycles. The Balaban J connectivity index is 1.87. The molecule has 0 saturated heterocycles. The van der Waals surface area contributed by atoms with Gasteiger partial charge in [0.25, 0.3) is 5.91 Å². The molecule has 0 spiro atoms. The average Bonchev–Trinajstić information content (AvgIpc) is 2.92. The van der Waals surface area contributed by atoms with Crippen LogP contribution < -0.4 is 5.32 Å². The number of nitrogens with one attached hydrogen (secondary N) is 1. The molecule has 3 aromatic rings. The molecule has 0 aliphatic carbocycles. The summed E-state index contributed by atoms with van der Waals surface area (Å²) in [5.41, 5.74) is 1.94. The van der Waals surface area contributed by atoms with Crippen molar-refractivity contribution in [1.82, 2.24) is 0 Å². The minimum absolute atomic E-state index is 0.138. The third kappa shape index (κ3) is 2.33. The van der Waals surface area contributed by atoms with Crippen LogP contribution in [0.2, 0.25) is 0 Å². The van der Waals surface area contributed by atoms with E-state index in [1.54, 1.807) is 35.6 Å². The van der Waals surface area contributed by atoms with Crippen LogP contribution in [0.25, 0.3) is 10.1 Å². The van der Waals surface area contributed by atoms with Gasteiger partial charge in [-0.3, -0.25) is 9.59 Å². The summed E-state index contributed by atoms with van der Waals surface area (Å²) in [5, 5.41) is 5.66. The molecule has 0 unspecified atom stereocenters. The molecule has 20 heavy (non-hydrogen) atoms. The number of carbonyl (C=O) groups excluding carboxylic acids is 2. The van der Waals surface area contributed by atoms with E-state index in [0.717, 1.165) is 16.4 Å². The number of benzene rings is 2. The molecule has 0 fully saturated rings. The van der Waals surface area contributed by atoms with Crippen molar-refractivity contribution in [3.63, 3.8) is 0 Å². The number of hydrogen-bond acceptors (Lipinski definition) is 3. The molecule has 0 bridgehead atoms. The molecular weight excluding hydrogens is 270 g/mol. The summed E-state index contributed by atoms with van der Waals surface area (Å²) in [5.74, 6) is -0.138. The fourth-order valence-corrected chi connectivity index (χ4v) is 2.94. The van der Waals surface area contributed by atoms with E-state index in [9.17, 15) is 9.59 Å². The first-order valence-electron chi connectivity index (χ1n) is 6.11. The Morgan fingerprint density at radius 1 is 1.05 bits per heavy atom. The Morgan fingerprint density at radius 2 is 1.80 bits per heavy atom. The van der Waals surface area contributed by atoms with Gasteiger partial charge in [-0.15, -0.1) is 11.3 Å². The molecule has 1 aromatic heterocycles. The van der Waals surface area contributed by atoms with Crippen LogP contribution in [0.4, 0.5) is 5.69 Å². The maximum Gasteiger partial charge on any atom is 0.257 e. The number of aldehydes is 1. The summed E-state index contributed by atoms with van der Waals surface area (Å²) in [6.07, 6.45) is 0.776. The molecular formula is C16H11NO2S. The van der Waals surface area contributed by atoms with Crippen molar-refractivity contribution in [2.45, 2.75) is 0 Å². The van der Waals surface area contributed by atoms with Crippen LogP contribution in [0.5, 0.6) is 0 Å². The zero-order chi connectivity index (χ0) is 13.9. The highest BCUT2D eigenvalue weighted by Crippen LogP contribution is 2.26. The topological polar surface area (TPSA) is 46.2 Å². The zero-order valence-electron chi connectivity index (χ0n) is 10.5. The third-order valence-electron chi connectivity index (χ3n) is 3.03. The molecule has 0 atom stereocenters. The van der Waals surface area contributed by atoms with Gasteiger partial charge in [0.1, 0.15) is 6.29 Å². The smallest absolute Gasteiger partial charge is 0.257 e. The first kappa shape index (κ1) is 12.6. The first-order chi connectivity index (χ1) is 9.78. The average molecular weight is 281 g/mol. The van der Waals surface area contributed by atoms with Gasteiger partial charge in [0.05, 0.1) is 5.56 Å².